The van der Waals surface area contributed by atoms with Crippen LogP contribution in [0.25, 0.3) is 0 Å². The number of rotatable bonds is 2. The molecule has 0 fully saturated rings. The molecule has 0 spiro atoms. The van der Waals surface area contributed by atoms with Gasteiger partial charge in [-0.3, -0.25) is 10.4 Å². The Labute approximate surface area is 113 Å². The number of halogens is 4. The second-order valence-electron chi connectivity index (χ2n) is 3.83. The van der Waals surface area contributed by atoms with E-state index in [0.29, 0.717) is 16.4 Å². The normalized spacial score (nSPS) is 15.5. The topological polar surface area (TPSA) is 27.3 Å². The summed E-state index contributed by atoms with van der Waals surface area (Å²) in [5.41, 5.74) is 3.12. The maximum absolute atomic E-state index is 12.6. The molecule has 1 aromatic carbocycles. The fourth-order valence-electron chi connectivity index (χ4n) is 1.60. The van der Waals surface area contributed by atoms with Crippen LogP contribution in [0.5, 0.6) is 0 Å². The van der Waals surface area contributed by atoms with Crippen LogP contribution in [0, 0.1) is 0 Å². The Bertz CT molecular complexity index is 537. The lowest BCUT2D eigenvalue weighted by molar-refractivity contribution is -0.137. The third-order valence-corrected chi connectivity index (χ3v) is 2.87. The molecule has 7 heteroatoms. The SMILES string of the molecule is CNC1=CNN(c2cccc(C(F)(F)F)c2)C=C1Cl. The van der Waals surface area contributed by atoms with Crippen molar-refractivity contribution in [3.63, 3.8) is 0 Å². The van der Waals surface area contributed by atoms with Crippen molar-refractivity contribution in [1.82, 2.24) is 10.7 Å². The molecule has 102 valence electrons. The fourth-order valence-corrected chi connectivity index (χ4v) is 1.84. The van der Waals surface area contributed by atoms with Crippen LogP contribution in [0.3, 0.4) is 0 Å². The van der Waals surface area contributed by atoms with E-state index < -0.39 is 11.7 Å². The molecule has 0 radical (unpaired) electrons. The van der Waals surface area contributed by atoms with Gasteiger partial charge in [0.25, 0.3) is 0 Å². The van der Waals surface area contributed by atoms with Gasteiger partial charge >= 0.3 is 6.18 Å². The van der Waals surface area contributed by atoms with Crippen molar-refractivity contribution < 1.29 is 13.2 Å². The number of nitrogens with zero attached hydrogens (tertiary/aromatic N) is 1. The minimum Gasteiger partial charge on any atom is -0.386 e. The zero-order valence-electron chi connectivity index (χ0n) is 9.92. The molecule has 2 rings (SSSR count). The molecule has 0 amide bonds. The third-order valence-electron chi connectivity index (χ3n) is 2.57. The van der Waals surface area contributed by atoms with Crippen molar-refractivity contribution in [1.29, 1.82) is 0 Å². The number of benzene rings is 1. The standard InChI is InChI=1S/C12H11ClF3N3/c1-17-11-6-18-19(7-10(11)13)9-4-2-3-8(5-9)12(14,15)16/h2-7,17-18H,1H3. The van der Waals surface area contributed by atoms with Gasteiger partial charge in [0.15, 0.2) is 0 Å². The summed E-state index contributed by atoms with van der Waals surface area (Å²) in [4.78, 5) is 0. The lowest BCUT2D eigenvalue weighted by atomic mass is 10.2. The predicted octanol–water partition coefficient (Wildman–Crippen LogP) is 3.17. The molecule has 1 aliphatic rings. The molecule has 0 atom stereocenters. The van der Waals surface area contributed by atoms with Gasteiger partial charge in [0.1, 0.15) is 0 Å². The van der Waals surface area contributed by atoms with Gasteiger partial charge in [0, 0.05) is 19.4 Å². The predicted molar refractivity (Wildman–Crippen MR) is 68.1 cm³/mol. The zero-order chi connectivity index (χ0) is 14.0. The summed E-state index contributed by atoms with van der Waals surface area (Å²) >= 11 is 5.98. The van der Waals surface area contributed by atoms with Crippen molar-refractivity contribution in [3.05, 3.63) is 53.0 Å². The molecule has 19 heavy (non-hydrogen) atoms. The van der Waals surface area contributed by atoms with Crippen LogP contribution >= 0.6 is 11.6 Å². The number of hydrogen-bond donors (Lipinski definition) is 2. The number of likely N-dealkylation sites (N-methyl/N-ethyl adjacent to an activating group) is 1. The van der Waals surface area contributed by atoms with Crippen molar-refractivity contribution >= 4 is 17.3 Å². The summed E-state index contributed by atoms with van der Waals surface area (Å²) in [6, 6.07) is 4.97. The first-order chi connectivity index (χ1) is 8.91. The van der Waals surface area contributed by atoms with Gasteiger partial charge in [-0.25, -0.2) is 0 Å². The van der Waals surface area contributed by atoms with Gasteiger partial charge < -0.3 is 5.32 Å². The van der Waals surface area contributed by atoms with Crippen molar-refractivity contribution in [2.24, 2.45) is 0 Å². The largest absolute Gasteiger partial charge is 0.416 e. The highest BCUT2D eigenvalue weighted by Crippen LogP contribution is 2.32. The zero-order valence-corrected chi connectivity index (χ0v) is 10.7. The number of anilines is 1. The summed E-state index contributed by atoms with van der Waals surface area (Å²) in [7, 11) is 1.70. The Morgan fingerprint density at radius 3 is 2.63 bits per heavy atom. The summed E-state index contributed by atoms with van der Waals surface area (Å²) in [5.74, 6) is 0. The smallest absolute Gasteiger partial charge is 0.386 e. The van der Waals surface area contributed by atoms with Crippen LogP contribution in [-0.2, 0) is 6.18 Å². The highest BCUT2D eigenvalue weighted by Gasteiger charge is 2.30. The van der Waals surface area contributed by atoms with Crippen LogP contribution in [0.15, 0.2) is 47.4 Å². The first-order valence-electron chi connectivity index (χ1n) is 5.40. The lowest BCUT2D eigenvalue weighted by Crippen LogP contribution is -2.34. The average Bonchev–Trinajstić information content (AvgIpc) is 2.38. The lowest BCUT2D eigenvalue weighted by Gasteiger charge is -2.26. The highest BCUT2D eigenvalue weighted by molar-refractivity contribution is 6.32. The number of allylic oxidation sites excluding steroid dienone is 1. The molecule has 1 aliphatic heterocycles. The van der Waals surface area contributed by atoms with Crippen molar-refractivity contribution in [2.45, 2.75) is 6.18 Å². The van der Waals surface area contributed by atoms with Gasteiger partial charge in [-0.15, -0.1) is 0 Å². The summed E-state index contributed by atoms with van der Waals surface area (Å²) < 4.78 is 37.9. The molecule has 2 N–H and O–H groups in total. The van der Waals surface area contributed by atoms with Crippen molar-refractivity contribution in [2.75, 3.05) is 12.1 Å². The van der Waals surface area contributed by atoms with E-state index in [1.165, 1.54) is 17.3 Å². The molecule has 1 heterocycles. The Morgan fingerprint density at radius 1 is 1.32 bits per heavy atom. The second kappa shape index (κ2) is 5.05. The molecule has 3 nitrogen and oxygen atoms in total. The van der Waals surface area contributed by atoms with E-state index in [1.54, 1.807) is 19.3 Å². The molecule has 0 aliphatic carbocycles. The van der Waals surface area contributed by atoms with E-state index in [0.717, 1.165) is 12.1 Å². The van der Waals surface area contributed by atoms with E-state index in [4.69, 9.17) is 11.6 Å². The monoisotopic (exact) mass is 289 g/mol. The molecule has 0 unspecified atom stereocenters. The Balaban J connectivity index is 2.28. The number of hydrogen-bond acceptors (Lipinski definition) is 3. The van der Waals surface area contributed by atoms with E-state index >= 15 is 0 Å². The average molecular weight is 290 g/mol. The summed E-state index contributed by atoms with van der Waals surface area (Å²) in [6.45, 7) is 0. The van der Waals surface area contributed by atoms with Crippen LogP contribution in [0.4, 0.5) is 18.9 Å². The molecule has 1 aromatic rings. The van der Waals surface area contributed by atoms with Crippen LogP contribution in [0.1, 0.15) is 5.56 Å². The first-order valence-corrected chi connectivity index (χ1v) is 5.78. The van der Waals surface area contributed by atoms with Crippen LogP contribution in [0.2, 0.25) is 0 Å². The van der Waals surface area contributed by atoms with E-state index in [-0.39, 0.29) is 0 Å². The van der Waals surface area contributed by atoms with Gasteiger partial charge in [0.2, 0.25) is 0 Å². The molecular weight excluding hydrogens is 279 g/mol. The Hall–Kier alpha value is -1.82. The van der Waals surface area contributed by atoms with E-state index in [1.807, 2.05) is 0 Å². The molecule has 0 aromatic heterocycles. The van der Waals surface area contributed by atoms with E-state index in [9.17, 15) is 13.2 Å². The highest BCUT2D eigenvalue weighted by atomic mass is 35.5. The molecule has 0 bridgehead atoms. The van der Waals surface area contributed by atoms with E-state index in [2.05, 4.69) is 10.7 Å². The maximum atomic E-state index is 12.6. The first kappa shape index (κ1) is 13.6. The van der Waals surface area contributed by atoms with Gasteiger partial charge in [-0.1, -0.05) is 17.7 Å². The van der Waals surface area contributed by atoms with Gasteiger partial charge in [-0.2, -0.15) is 13.2 Å². The summed E-state index contributed by atoms with van der Waals surface area (Å²) in [5, 5.41) is 4.67. The molecular formula is C12H11ClF3N3. The number of hydrazine groups is 1. The maximum Gasteiger partial charge on any atom is 0.416 e. The fraction of sp³-hybridized carbons (Fsp3) is 0.167. The number of alkyl halides is 3. The minimum absolute atomic E-state index is 0.347. The molecule has 0 saturated carbocycles. The quantitative estimate of drug-likeness (QED) is 0.876. The second-order valence-corrected chi connectivity index (χ2v) is 4.24. The third kappa shape index (κ3) is 2.96. The van der Waals surface area contributed by atoms with Crippen LogP contribution in [-0.4, -0.2) is 7.05 Å². The van der Waals surface area contributed by atoms with Crippen molar-refractivity contribution in [3.8, 4) is 0 Å². The minimum atomic E-state index is -4.37. The molecule has 0 saturated heterocycles. The summed E-state index contributed by atoms with van der Waals surface area (Å²) in [6.07, 6.45) is -1.29. The number of nitrogens with one attached hydrogen (secondary N) is 2. The van der Waals surface area contributed by atoms with Gasteiger partial charge in [0.05, 0.1) is 22.0 Å². The van der Waals surface area contributed by atoms with Crippen LogP contribution < -0.4 is 15.8 Å². The van der Waals surface area contributed by atoms with Gasteiger partial charge in [-0.05, 0) is 18.2 Å². The Morgan fingerprint density at radius 2 is 2.05 bits per heavy atom. The Kier molecular flexibility index (Phi) is 3.61.